The van der Waals surface area contributed by atoms with Crippen molar-refractivity contribution in [1.29, 1.82) is 0 Å². The van der Waals surface area contributed by atoms with E-state index in [0.717, 1.165) is 25.2 Å². The summed E-state index contributed by atoms with van der Waals surface area (Å²) >= 11 is 0. The topological polar surface area (TPSA) is 43.7 Å². The highest BCUT2D eigenvalue weighted by Crippen LogP contribution is 2.21. The summed E-state index contributed by atoms with van der Waals surface area (Å²) in [6.45, 7) is 4.32. The van der Waals surface area contributed by atoms with Crippen molar-refractivity contribution in [2.75, 3.05) is 13.1 Å². The molecule has 1 aromatic carbocycles. The lowest BCUT2D eigenvalue weighted by Gasteiger charge is -2.44. The normalized spacial score (nSPS) is 19.9. The number of benzene rings is 1. The summed E-state index contributed by atoms with van der Waals surface area (Å²) in [5.41, 5.74) is 1.67. The molecule has 0 amide bonds. The zero-order chi connectivity index (χ0) is 10.9. The van der Waals surface area contributed by atoms with Crippen molar-refractivity contribution in [3.63, 3.8) is 0 Å². The van der Waals surface area contributed by atoms with E-state index in [0.29, 0.717) is 0 Å². The molecule has 0 bridgehead atoms. The Bertz CT molecular complexity index is 324. The van der Waals surface area contributed by atoms with Gasteiger partial charge in [-0.15, -0.1) is 0 Å². The Morgan fingerprint density at radius 3 is 2.20 bits per heavy atom. The van der Waals surface area contributed by atoms with Gasteiger partial charge in [0.2, 0.25) is 0 Å². The lowest BCUT2D eigenvalue weighted by Crippen LogP contribution is -2.59. The smallest absolute Gasteiger partial charge is 0.0872 e. The van der Waals surface area contributed by atoms with Crippen LogP contribution in [0.4, 0.5) is 0 Å². The first-order chi connectivity index (χ1) is 7.09. The Morgan fingerprint density at radius 2 is 1.73 bits per heavy atom. The number of aliphatic hydroxyl groups is 2. The zero-order valence-corrected chi connectivity index (χ0v) is 8.98. The largest absolute Gasteiger partial charge is 0.392 e. The third-order valence-corrected chi connectivity index (χ3v) is 2.74. The van der Waals surface area contributed by atoms with Gasteiger partial charge in [-0.2, -0.15) is 0 Å². The molecule has 2 rings (SSSR count). The predicted octanol–water partition coefficient (Wildman–Crippen LogP) is 0.746. The Labute approximate surface area is 90.0 Å². The van der Waals surface area contributed by atoms with Gasteiger partial charge in [0.1, 0.15) is 0 Å². The monoisotopic (exact) mass is 207 g/mol. The average Bonchev–Trinajstić information content (AvgIpc) is 2.16. The summed E-state index contributed by atoms with van der Waals surface area (Å²) in [4.78, 5) is 2.20. The molecule has 0 saturated carbocycles. The summed E-state index contributed by atoms with van der Waals surface area (Å²) in [5, 5.41) is 18.5. The van der Waals surface area contributed by atoms with Crippen LogP contribution in [0.25, 0.3) is 0 Å². The van der Waals surface area contributed by atoms with Gasteiger partial charge in [-0.3, -0.25) is 4.90 Å². The SMILES string of the molecule is CC1(O)CN(Cc2ccc(CO)cc2)C1. The fourth-order valence-electron chi connectivity index (χ4n) is 2.04. The van der Waals surface area contributed by atoms with Gasteiger partial charge in [0, 0.05) is 19.6 Å². The van der Waals surface area contributed by atoms with E-state index in [4.69, 9.17) is 5.11 Å². The minimum absolute atomic E-state index is 0.0959. The van der Waals surface area contributed by atoms with Gasteiger partial charge in [0.15, 0.2) is 0 Å². The average molecular weight is 207 g/mol. The van der Waals surface area contributed by atoms with Crippen LogP contribution >= 0.6 is 0 Å². The van der Waals surface area contributed by atoms with Crippen molar-refractivity contribution in [3.05, 3.63) is 35.4 Å². The lowest BCUT2D eigenvalue weighted by atomic mass is 9.96. The van der Waals surface area contributed by atoms with Crippen LogP contribution in [0.1, 0.15) is 18.1 Å². The van der Waals surface area contributed by atoms with Crippen LogP contribution in [-0.2, 0) is 13.2 Å². The highest BCUT2D eigenvalue weighted by Gasteiger charge is 2.35. The van der Waals surface area contributed by atoms with E-state index < -0.39 is 5.60 Å². The summed E-state index contributed by atoms with van der Waals surface area (Å²) in [6, 6.07) is 7.93. The Hall–Kier alpha value is -0.900. The van der Waals surface area contributed by atoms with Crippen molar-refractivity contribution >= 4 is 0 Å². The van der Waals surface area contributed by atoms with E-state index in [1.54, 1.807) is 0 Å². The molecule has 3 heteroatoms. The van der Waals surface area contributed by atoms with E-state index >= 15 is 0 Å². The maximum Gasteiger partial charge on any atom is 0.0872 e. The van der Waals surface area contributed by atoms with Crippen LogP contribution in [-0.4, -0.2) is 33.8 Å². The van der Waals surface area contributed by atoms with E-state index in [2.05, 4.69) is 4.90 Å². The van der Waals surface area contributed by atoms with Gasteiger partial charge in [-0.05, 0) is 18.1 Å². The summed E-state index contributed by atoms with van der Waals surface area (Å²) in [6.07, 6.45) is 0. The fraction of sp³-hybridized carbons (Fsp3) is 0.500. The molecule has 0 radical (unpaired) electrons. The lowest BCUT2D eigenvalue weighted by molar-refractivity contribution is -0.0871. The number of nitrogens with zero attached hydrogens (tertiary/aromatic N) is 1. The van der Waals surface area contributed by atoms with E-state index in [-0.39, 0.29) is 6.61 Å². The van der Waals surface area contributed by atoms with Gasteiger partial charge in [0.25, 0.3) is 0 Å². The maximum absolute atomic E-state index is 9.57. The molecule has 0 atom stereocenters. The van der Waals surface area contributed by atoms with Crippen molar-refractivity contribution in [1.82, 2.24) is 4.90 Å². The molecular formula is C12H17NO2. The molecule has 2 N–H and O–H groups in total. The van der Waals surface area contributed by atoms with Gasteiger partial charge in [-0.25, -0.2) is 0 Å². The van der Waals surface area contributed by atoms with Crippen molar-refractivity contribution in [2.45, 2.75) is 25.7 Å². The molecule has 1 aliphatic heterocycles. The molecule has 1 aliphatic rings. The fourth-order valence-corrected chi connectivity index (χ4v) is 2.04. The van der Waals surface area contributed by atoms with Crippen LogP contribution in [0, 0.1) is 0 Å². The molecule has 1 fully saturated rings. The van der Waals surface area contributed by atoms with Gasteiger partial charge in [-0.1, -0.05) is 24.3 Å². The van der Waals surface area contributed by atoms with Crippen LogP contribution in [0.15, 0.2) is 24.3 Å². The van der Waals surface area contributed by atoms with Crippen molar-refractivity contribution < 1.29 is 10.2 Å². The minimum Gasteiger partial charge on any atom is -0.392 e. The first-order valence-electron chi connectivity index (χ1n) is 5.22. The number of hydrogen-bond acceptors (Lipinski definition) is 3. The highest BCUT2D eigenvalue weighted by atomic mass is 16.3. The third-order valence-electron chi connectivity index (χ3n) is 2.74. The van der Waals surface area contributed by atoms with Gasteiger partial charge < -0.3 is 10.2 Å². The number of β-amino-alcohol motifs (C(OH)–C–C–N with tert-alkyl or cyclic N) is 1. The molecule has 3 nitrogen and oxygen atoms in total. The molecule has 0 aromatic heterocycles. The molecule has 0 spiro atoms. The molecular weight excluding hydrogens is 190 g/mol. The van der Waals surface area contributed by atoms with E-state index in [1.165, 1.54) is 5.56 Å². The molecule has 0 unspecified atom stereocenters. The van der Waals surface area contributed by atoms with Crippen molar-refractivity contribution in [3.8, 4) is 0 Å². The summed E-state index contributed by atoms with van der Waals surface area (Å²) in [5.74, 6) is 0. The Morgan fingerprint density at radius 1 is 1.20 bits per heavy atom. The van der Waals surface area contributed by atoms with E-state index in [9.17, 15) is 5.11 Å². The quantitative estimate of drug-likeness (QED) is 0.768. The highest BCUT2D eigenvalue weighted by molar-refractivity contribution is 5.22. The van der Waals surface area contributed by atoms with Crippen molar-refractivity contribution in [2.24, 2.45) is 0 Å². The van der Waals surface area contributed by atoms with Gasteiger partial charge in [0.05, 0.1) is 12.2 Å². The molecule has 1 saturated heterocycles. The first-order valence-corrected chi connectivity index (χ1v) is 5.22. The minimum atomic E-state index is -0.495. The molecule has 0 aliphatic carbocycles. The Balaban J connectivity index is 1.89. The molecule has 1 aromatic rings. The second kappa shape index (κ2) is 3.93. The second-order valence-electron chi connectivity index (χ2n) is 4.62. The number of rotatable bonds is 3. The maximum atomic E-state index is 9.57. The number of hydrogen-bond donors (Lipinski definition) is 2. The van der Waals surface area contributed by atoms with Crippen LogP contribution in [0.2, 0.25) is 0 Å². The number of likely N-dealkylation sites (tertiary alicyclic amines) is 1. The second-order valence-corrected chi connectivity index (χ2v) is 4.62. The summed E-state index contributed by atoms with van der Waals surface area (Å²) < 4.78 is 0. The van der Waals surface area contributed by atoms with Crippen LogP contribution < -0.4 is 0 Å². The standard InChI is InChI=1S/C12H17NO2/c1-12(15)8-13(9-12)6-10-2-4-11(7-14)5-3-10/h2-5,14-15H,6-9H2,1H3. The van der Waals surface area contributed by atoms with Gasteiger partial charge >= 0.3 is 0 Å². The number of aliphatic hydroxyl groups excluding tert-OH is 1. The van der Waals surface area contributed by atoms with Crippen LogP contribution in [0.5, 0.6) is 0 Å². The molecule has 1 heterocycles. The molecule has 82 valence electrons. The third kappa shape index (κ3) is 2.56. The van der Waals surface area contributed by atoms with Crippen LogP contribution in [0.3, 0.4) is 0 Å². The molecule has 15 heavy (non-hydrogen) atoms. The first kappa shape index (κ1) is 10.6. The summed E-state index contributed by atoms with van der Waals surface area (Å²) in [7, 11) is 0. The van der Waals surface area contributed by atoms with E-state index in [1.807, 2.05) is 31.2 Å². The Kier molecular flexibility index (Phi) is 2.78. The predicted molar refractivity (Wildman–Crippen MR) is 58.3 cm³/mol. The zero-order valence-electron chi connectivity index (χ0n) is 8.98.